The van der Waals surface area contributed by atoms with E-state index in [-0.39, 0.29) is 11.6 Å². The molecule has 1 aliphatic heterocycles. The van der Waals surface area contributed by atoms with E-state index in [2.05, 4.69) is 15.3 Å². The monoisotopic (exact) mass is 423 g/mol. The molecule has 0 aliphatic carbocycles. The number of H-pyrrole nitrogens is 1. The third-order valence-electron chi connectivity index (χ3n) is 5.31. The minimum Gasteiger partial charge on any atom is -0.345 e. The van der Waals surface area contributed by atoms with Gasteiger partial charge in [0.15, 0.2) is 0 Å². The summed E-state index contributed by atoms with van der Waals surface area (Å²) < 4.78 is 0. The van der Waals surface area contributed by atoms with Gasteiger partial charge in [0, 0.05) is 41.3 Å². The van der Waals surface area contributed by atoms with Gasteiger partial charge in [0.2, 0.25) is 5.91 Å². The largest absolute Gasteiger partial charge is 0.345 e. The number of amides is 1. The summed E-state index contributed by atoms with van der Waals surface area (Å²) in [5.74, 6) is -0.285. The number of benzene rings is 3. The Kier molecular flexibility index (Phi) is 4.79. The topological polar surface area (TPSA) is 113 Å². The zero-order valence-electron chi connectivity index (χ0n) is 16.7. The highest BCUT2D eigenvalue weighted by Crippen LogP contribution is 2.38. The van der Waals surface area contributed by atoms with E-state index in [0.29, 0.717) is 22.6 Å². The highest BCUT2D eigenvalue weighted by molar-refractivity contribution is 6.24. The SMILES string of the molecule is O=C1Nc2ccc([N+](=O)[O-])cc2C1C(=Nc1ccc(-c2ncc[nH]2)cc1)c1ccccc1. The fourth-order valence-corrected chi connectivity index (χ4v) is 3.79. The third-order valence-corrected chi connectivity index (χ3v) is 5.31. The van der Waals surface area contributed by atoms with Crippen molar-refractivity contribution < 1.29 is 9.72 Å². The summed E-state index contributed by atoms with van der Waals surface area (Å²) in [5, 5.41) is 14.1. The van der Waals surface area contributed by atoms with Gasteiger partial charge in [0.1, 0.15) is 11.7 Å². The number of non-ortho nitro benzene ring substituents is 1. The van der Waals surface area contributed by atoms with Crippen LogP contribution in [0.25, 0.3) is 11.4 Å². The molecule has 2 heterocycles. The van der Waals surface area contributed by atoms with Crippen LogP contribution in [0.2, 0.25) is 0 Å². The predicted molar refractivity (Wildman–Crippen MR) is 121 cm³/mol. The Hall–Kier alpha value is -4.59. The quantitative estimate of drug-likeness (QED) is 0.272. The van der Waals surface area contributed by atoms with E-state index in [1.54, 1.807) is 18.5 Å². The van der Waals surface area contributed by atoms with Gasteiger partial charge < -0.3 is 10.3 Å². The maximum absolute atomic E-state index is 13.0. The van der Waals surface area contributed by atoms with Crippen LogP contribution in [-0.4, -0.2) is 26.5 Å². The molecule has 8 heteroatoms. The number of imidazole rings is 1. The zero-order chi connectivity index (χ0) is 22.1. The number of aromatic amines is 1. The van der Waals surface area contributed by atoms with Gasteiger partial charge in [-0.25, -0.2) is 4.98 Å². The predicted octanol–water partition coefficient (Wildman–Crippen LogP) is 4.84. The van der Waals surface area contributed by atoms with E-state index < -0.39 is 10.8 Å². The van der Waals surface area contributed by atoms with Crippen LogP contribution >= 0.6 is 0 Å². The normalized spacial score (nSPS) is 15.3. The fourth-order valence-electron chi connectivity index (χ4n) is 3.79. The van der Waals surface area contributed by atoms with Gasteiger partial charge in [-0.3, -0.25) is 19.9 Å². The van der Waals surface area contributed by atoms with Crippen molar-refractivity contribution in [1.82, 2.24) is 9.97 Å². The van der Waals surface area contributed by atoms with E-state index in [4.69, 9.17) is 4.99 Å². The Morgan fingerprint density at radius 1 is 1.03 bits per heavy atom. The molecule has 0 saturated heterocycles. The molecule has 3 aromatic carbocycles. The number of aromatic nitrogens is 2. The van der Waals surface area contributed by atoms with E-state index in [9.17, 15) is 14.9 Å². The van der Waals surface area contributed by atoms with Gasteiger partial charge in [-0.2, -0.15) is 0 Å². The molecular formula is C24H17N5O3. The van der Waals surface area contributed by atoms with Crippen molar-refractivity contribution in [3.8, 4) is 11.4 Å². The van der Waals surface area contributed by atoms with Crippen molar-refractivity contribution in [3.63, 3.8) is 0 Å². The number of hydrogen-bond donors (Lipinski definition) is 2. The second kappa shape index (κ2) is 7.92. The molecule has 8 nitrogen and oxygen atoms in total. The van der Waals surface area contributed by atoms with Gasteiger partial charge in [-0.05, 0) is 35.9 Å². The molecule has 1 aliphatic rings. The number of nitrogens with zero attached hydrogens (tertiary/aromatic N) is 3. The highest BCUT2D eigenvalue weighted by atomic mass is 16.6. The van der Waals surface area contributed by atoms with Crippen molar-refractivity contribution in [1.29, 1.82) is 0 Å². The number of fused-ring (bicyclic) bond motifs is 1. The van der Waals surface area contributed by atoms with Crippen molar-refractivity contribution in [2.24, 2.45) is 4.99 Å². The lowest BCUT2D eigenvalue weighted by atomic mass is 9.90. The van der Waals surface area contributed by atoms with Gasteiger partial charge >= 0.3 is 0 Å². The maximum Gasteiger partial charge on any atom is 0.269 e. The Balaban J connectivity index is 1.61. The van der Waals surface area contributed by atoms with Crippen LogP contribution in [0.3, 0.4) is 0 Å². The number of carbonyl (C=O) groups is 1. The zero-order valence-corrected chi connectivity index (χ0v) is 16.7. The third kappa shape index (κ3) is 3.54. The Morgan fingerprint density at radius 3 is 2.50 bits per heavy atom. The Morgan fingerprint density at radius 2 is 1.81 bits per heavy atom. The van der Waals surface area contributed by atoms with Gasteiger partial charge in [0.25, 0.3) is 5.69 Å². The first-order chi connectivity index (χ1) is 15.6. The van der Waals surface area contributed by atoms with Crippen LogP contribution < -0.4 is 5.32 Å². The molecule has 32 heavy (non-hydrogen) atoms. The van der Waals surface area contributed by atoms with E-state index >= 15 is 0 Å². The molecule has 0 saturated carbocycles. The average molecular weight is 423 g/mol. The van der Waals surface area contributed by atoms with Gasteiger partial charge in [0.05, 0.1) is 16.3 Å². The lowest BCUT2D eigenvalue weighted by Crippen LogP contribution is -2.22. The van der Waals surface area contributed by atoms with Gasteiger partial charge in [-0.1, -0.05) is 30.3 Å². The minimum absolute atomic E-state index is 0.0690. The lowest BCUT2D eigenvalue weighted by molar-refractivity contribution is -0.384. The van der Waals surface area contributed by atoms with Crippen LogP contribution in [0.4, 0.5) is 17.1 Å². The number of nitro benzene ring substituents is 1. The second-order valence-electron chi connectivity index (χ2n) is 7.30. The summed E-state index contributed by atoms with van der Waals surface area (Å²) in [4.78, 5) is 35.9. The van der Waals surface area contributed by atoms with Crippen LogP contribution in [0.1, 0.15) is 17.0 Å². The van der Waals surface area contributed by atoms with Crippen LogP contribution in [0.15, 0.2) is 90.2 Å². The number of rotatable bonds is 5. The first-order valence-corrected chi connectivity index (χ1v) is 9.93. The lowest BCUT2D eigenvalue weighted by Gasteiger charge is -2.14. The number of nitro groups is 1. The summed E-state index contributed by atoms with van der Waals surface area (Å²) in [7, 11) is 0. The molecular weight excluding hydrogens is 406 g/mol. The molecule has 1 unspecified atom stereocenters. The molecule has 0 spiro atoms. The summed E-state index contributed by atoms with van der Waals surface area (Å²) in [5.41, 5.74) is 3.89. The second-order valence-corrected chi connectivity index (χ2v) is 7.30. The molecule has 0 radical (unpaired) electrons. The molecule has 1 amide bonds. The molecule has 1 aromatic heterocycles. The Bertz CT molecular complexity index is 1330. The highest BCUT2D eigenvalue weighted by Gasteiger charge is 2.36. The fraction of sp³-hybridized carbons (Fsp3) is 0.0417. The molecule has 1 atom stereocenters. The first-order valence-electron chi connectivity index (χ1n) is 9.93. The molecule has 4 aromatic rings. The number of nitrogens with one attached hydrogen (secondary N) is 2. The number of hydrogen-bond acceptors (Lipinski definition) is 5. The van der Waals surface area contributed by atoms with Crippen LogP contribution in [0, 0.1) is 10.1 Å². The molecule has 0 fully saturated rings. The molecule has 5 rings (SSSR count). The molecule has 0 bridgehead atoms. The van der Waals surface area contributed by atoms with Crippen LogP contribution in [-0.2, 0) is 4.79 Å². The molecule has 2 N–H and O–H groups in total. The smallest absolute Gasteiger partial charge is 0.269 e. The number of anilines is 1. The first kappa shape index (κ1) is 19.4. The number of carbonyl (C=O) groups excluding carboxylic acids is 1. The van der Waals surface area contributed by atoms with Gasteiger partial charge in [-0.15, -0.1) is 0 Å². The van der Waals surface area contributed by atoms with Crippen molar-refractivity contribution in [3.05, 3.63) is 106 Å². The minimum atomic E-state index is -0.767. The van der Waals surface area contributed by atoms with Crippen molar-refractivity contribution in [2.75, 3.05) is 5.32 Å². The van der Waals surface area contributed by atoms with Crippen molar-refractivity contribution in [2.45, 2.75) is 5.92 Å². The van der Waals surface area contributed by atoms with Crippen LogP contribution in [0.5, 0.6) is 0 Å². The summed E-state index contributed by atoms with van der Waals surface area (Å²) in [6, 6.07) is 21.2. The summed E-state index contributed by atoms with van der Waals surface area (Å²) in [6.07, 6.45) is 3.44. The summed E-state index contributed by atoms with van der Waals surface area (Å²) in [6.45, 7) is 0. The van der Waals surface area contributed by atoms with E-state index in [0.717, 1.165) is 17.0 Å². The Labute approximate surface area is 182 Å². The van der Waals surface area contributed by atoms with E-state index in [1.807, 2.05) is 54.6 Å². The average Bonchev–Trinajstić information content (AvgIpc) is 3.46. The van der Waals surface area contributed by atoms with Crippen molar-refractivity contribution >= 4 is 28.7 Å². The standard InChI is InChI=1S/C24H17N5O3/c30-24-21(19-14-18(29(31)32)10-11-20(19)28-24)22(15-4-2-1-3-5-15)27-17-8-6-16(7-9-17)23-25-12-13-26-23/h1-14,21H,(H,25,26)(H,28,30). The summed E-state index contributed by atoms with van der Waals surface area (Å²) >= 11 is 0. The maximum atomic E-state index is 13.0. The number of aliphatic imine (C=N–C) groups is 1. The van der Waals surface area contributed by atoms with E-state index in [1.165, 1.54) is 12.1 Å². The molecule has 156 valence electrons.